The van der Waals surface area contributed by atoms with E-state index in [9.17, 15) is 14.0 Å². The minimum atomic E-state index is -0.933. The molecule has 1 amide bonds. The fraction of sp³-hybridized carbons (Fsp3) is 0.278. The lowest BCUT2D eigenvalue weighted by Gasteiger charge is -2.27. The Labute approximate surface area is 152 Å². The van der Waals surface area contributed by atoms with Gasteiger partial charge in [0.2, 0.25) is 0 Å². The molecule has 7 heteroatoms. The van der Waals surface area contributed by atoms with E-state index >= 15 is 0 Å². The van der Waals surface area contributed by atoms with E-state index in [1.165, 1.54) is 30.0 Å². The molecular weight excluding hydrogens is 391 g/mol. The number of rotatable bonds is 5. The van der Waals surface area contributed by atoms with Crippen molar-refractivity contribution >= 4 is 27.6 Å². The average molecular weight is 407 g/mol. The maximum atomic E-state index is 13.8. The lowest BCUT2D eigenvalue weighted by atomic mass is 10.0. The van der Waals surface area contributed by atoms with Crippen LogP contribution in [0.5, 0.6) is 5.75 Å². The van der Waals surface area contributed by atoms with Crippen LogP contribution in [0.1, 0.15) is 41.5 Å². The van der Waals surface area contributed by atoms with E-state index in [-0.39, 0.29) is 18.2 Å². The van der Waals surface area contributed by atoms with Crippen molar-refractivity contribution in [2.24, 2.45) is 0 Å². The van der Waals surface area contributed by atoms with E-state index in [0.29, 0.717) is 33.6 Å². The number of Topliss-reactive ketones (excluding diaryl/α,β-unsaturated/α-hetero) is 1. The van der Waals surface area contributed by atoms with Gasteiger partial charge in [-0.05, 0) is 54.0 Å². The van der Waals surface area contributed by atoms with Crippen LogP contribution in [-0.2, 0) is 11.3 Å². The largest absolute Gasteiger partial charge is 0.493 e. The van der Waals surface area contributed by atoms with Gasteiger partial charge in [0.25, 0.3) is 5.91 Å². The van der Waals surface area contributed by atoms with E-state index in [0.717, 1.165) is 0 Å². The third-order valence-corrected chi connectivity index (χ3v) is 4.44. The van der Waals surface area contributed by atoms with Gasteiger partial charge in [0.15, 0.2) is 5.78 Å². The number of aromatic nitrogens is 1. The maximum Gasteiger partial charge on any atom is 0.257 e. The number of carbonyl (C=O) groups is 2. The van der Waals surface area contributed by atoms with Gasteiger partial charge in [0, 0.05) is 16.2 Å². The minimum Gasteiger partial charge on any atom is -0.493 e. The van der Waals surface area contributed by atoms with Crippen LogP contribution < -0.4 is 4.74 Å². The number of ether oxygens (including phenoxy) is 1. The molecule has 0 spiro atoms. The summed E-state index contributed by atoms with van der Waals surface area (Å²) in [6.07, 6.45) is 1.60. The number of benzene rings is 1. The molecule has 0 aliphatic carbocycles. The van der Waals surface area contributed by atoms with Crippen LogP contribution in [0.2, 0.25) is 0 Å². The predicted molar refractivity (Wildman–Crippen MR) is 92.8 cm³/mol. The topological polar surface area (TPSA) is 59.5 Å². The molecule has 1 atom stereocenters. The summed E-state index contributed by atoms with van der Waals surface area (Å²) in [6.45, 7) is 3.73. The second-order valence-electron chi connectivity index (χ2n) is 5.71. The van der Waals surface area contributed by atoms with Crippen molar-refractivity contribution in [1.29, 1.82) is 0 Å². The first-order chi connectivity index (χ1) is 11.9. The van der Waals surface area contributed by atoms with Gasteiger partial charge in [-0.1, -0.05) is 0 Å². The van der Waals surface area contributed by atoms with Crippen molar-refractivity contribution in [1.82, 2.24) is 9.88 Å². The highest BCUT2D eigenvalue weighted by molar-refractivity contribution is 9.10. The summed E-state index contributed by atoms with van der Waals surface area (Å²) >= 11 is 3.30. The SMILES string of the molecule is CCOc1ccc(F)cc1C(C(C)=O)N1Cc2ncc(Br)cc2C1=O. The number of amides is 1. The number of hydrogen-bond donors (Lipinski definition) is 0. The van der Waals surface area contributed by atoms with Crippen LogP contribution in [0.25, 0.3) is 0 Å². The summed E-state index contributed by atoms with van der Waals surface area (Å²) in [5.74, 6) is -0.681. The van der Waals surface area contributed by atoms with Crippen molar-refractivity contribution in [3.8, 4) is 5.75 Å². The van der Waals surface area contributed by atoms with Crippen molar-refractivity contribution in [3.05, 3.63) is 57.6 Å². The zero-order chi connectivity index (χ0) is 18.1. The van der Waals surface area contributed by atoms with Crippen LogP contribution in [-0.4, -0.2) is 28.2 Å². The lowest BCUT2D eigenvalue weighted by Crippen LogP contribution is -2.34. The molecule has 25 heavy (non-hydrogen) atoms. The summed E-state index contributed by atoms with van der Waals surface area (Å²) in [5.41, 5.74) is 1.37. The number of halogens is 2. The van der Waals surface area contributed by atoms with Crippen LogP contribution in [0, 0.1) is 5.82 Å². The molecule has 0 saturated heterocycles. The van der Waals surface area contributed by atoms with Crippen LogP contribution in [0.4, 0.5) is 4.39 Å². The molecule has 2 aromatic rings. The molecule has 2 heterocycles. The van der Waals surface area contributed by atoms with Crippen molar-refractivity contribution in [3.63, 3.8) is 0 Å². The molecule has 1 aliphatic heterocycles. The van der Waals surface area contributed by atoms with Crippen molar-refractivity contribution in [2.75, 3.05) is 6.61 Å². The molecule has 1 aliphatic rings. The normalized spacial score (nSPS) is 14.4. The summed E-state index contributed by atoms with van der Waals surface area (Å²) in [7, 11) is 0. The Kier molecular flexibility index (Phi) is 4.85. The van der Waals surface area contributed by atoms with Gasteiger partial charge in [-0.15, -0.1) is 0 Å². The van der Waals surface area contributed by atoms with Crippen molar-refractivity contribution < 1.29 is 18.7 Å². The monoisotopic (exact) mass is 406 g/mol. The van der Waals surface area contributed by atoms with E-state index in [2.05, 4.69) is 20.9 Å². The molecule has 1 aromatic heterocycles. The molecule has 0 radical (unpaired) electrons. The summed E-state index contributed by atoms with van der Waals surface area (Å²) in [5, 5.41) is 0. The van der Waals surface area contributed by atoms with Crippen LogP contribution >= 0.6 is 15.9 Å². The molecule has 0 saturated carbocycles. The molecule has 0 N–H and O–H groups in total. The summed E-state index contributed by atoms with van der Waals surface area (Å²) in [6, 6.07) is 4.74. The van der Waals surface area contributed by atoms with Gasteiger partial charge in [0.05, 0.1) is 24.4 Å². The smallest absolute Gasteiger partial charge is 0.257 e. The Bertz CT molecular complexity index is 856. The quantitative estimate of drug-likeness (QED) is 0.759. The molecule has 1 aromatic carbocycles. The molecule has 3 rings (SSSR count). The van der Waals surface area contributed by atoms with E-state index < -0.39 is 11.9 Å². The Hall–Kier alpha value is -2.28. The number of fused-ring (bicyclic) bond motifs is 1. The van der Waals surface area contributed by atoms with Crippen molar-refractivity contribution in [2.45, 2.75) is 26.4 Å². The number of ketones is 1. The maximum absolute atomic E-state index is 13.8. The molecular formula is C18H16BrFN2O3. The van der Waals surface area contributed by atoms with Gasteiger partial charge in [-0.25, -0.2) is 4.39 Å². The summed E-state index contributed by atoms with van der Waals surface area (Å²) < 4.78 is 20.0. The van der Waals surface area contributed by atoms with Gasteiger partial charge < -0.3 is 9.64 Å². The zero-order valence-electron chi connectivity index (χ0n) is 13.8. The molecule has 130 valence electrons. The fourth-order valence-corrected chi connectivity index (χ4v) is 3.33. The number of pyridine rings is 1. The highest BCUT2D eigenvalue weighted by Crippen LogP contribution is 2.36. The highest BCUT2D eigenvalue weighted by Gasteiger charge is 2.38. The predicted octanol–water partition coefficient (Wildman–Crippen LogP) is 3.67. The number of nitrogens with zero attached hydrogens (tertiary/aromatic N) is 2. The van der Waals surface area contributed by atoms with Gasteiger partial charge in [-0.2, -0.15) is 0 Å². The van der Waals surface area contributed by atoms with E-state index in [1.54, 1.807) is 19.2 Å². The van der Waals surface area contributed by atoms with E-state index in [4.69, 9.17) is 4.74 Å². The fourth-order valence-electron chi connectivity index (χ4n) is 3.00. The molecule has 5 nitrogen and oxygen atoms in total. The van der Waals surface area contributed by atoms with Gasteiger partial charge in [-0.3, -0.25) is 14.6 Å². The lowest BCUT2D eigenvalue weighted by molar-refractivity contribution is -0.121. The first kappa shape index (κ1) is 17.5. The average Bonchev–Trinajstić information content (AvgIpc) is 2.87. The molecule has 1 unspecified atom stereocenters. The third-order valence-electron chi connectivity index (χ3n) is 4.01. The molecule has 0 fully saturated rings. The number of carbonyl (C=O) groups excluding carboxylic acids is 2. The van der Waals surface area contributed by atoms with Gasteiger partial charge >= 0.3 is 0 Å². The second-order valence-corrected chi connectivity index (χ2v) is 6.62. The summed E-state index contributed by atoms with van der Waals surface area (Å²) in [4.78, 5) is 30.8. The standard InChI is InChI=1S/C18H16BrFN2O3/c1-3-25-16-5-4-12(20)7-14(16)17(10(2)23)22-9-15-13(18(22)24)6-11(19)8-21-15/h4-8,17H,3,9H2,1-2H3. The van der Waals surface area contributed by atoms with E-state index in [1.807, 2.05) is 0 Å². The first-order valence-corrected chi connectivity index (χ1v) is 8.59. The first-order valence-electron chi connectivity index (χ1n) is 7.80. The second kappa shape index (κ2) is 6.92. The Morgan fingerprint density at radius 2 is 2.20 bits per heavy atom. The number of hydrogen-bond acceptors (Lipinski definition) is 4. The Morgan fingerprint density at radius 3 is 2.88 bits per heavy atom. The Balaban J connectivity index is 2.06. The zero-order valence-corrected chi connectivity index (χ0v) is 15.3. The van der Waals surface area contributed by atoms with Gasteiger partial charge in [0.1, 0.15) is 17.6 Å². The minimum absolute atomic E-state index is 0.188. The molecule has 0 bridgehead atoms. The van der Waals surface area contributed by atoms with Crippen LogP contribution in [0.15, 0.2) is 34.9 Å². The highest BCUT2D eigenvalue weighted by atomic mass is 79.9. The third kappa shape index (κ3) is 3.28. The van der Waals surface area contributed by atoms with Crippen LogP contribution in [0.3, 0.4) is 0 Å². The Morgan fingerprint density at radius 1 is 1.44 bits per heavy atom.